The van der Waals surface area contributed by atoms with Crippen molar-refractivity contribution in [2.75, 3.05) is 34.0 Å². The maximum atomic E-state index is 12.7. The summed E-state index contributed by atoms with van der Waals surface area (Å²) < 4.78 is 45.8. The van der Waals surface area contributed by atoms with E-state index in [0.29, 0.717) is 49.5 Å². The molecule has 0 saturated heterocycles. The zero-order valence-corrected chi connectivity index (χ0v) is 17.9. The van der Waals surface area contributed by atoms with E-state index in [2.05, 4.69) is 25.3 Å². The van der Waals surface area contributed by atoms with Crippen LogP contribution in [0.3, 0.4) is 0 Å². The number of hydrogen-bond donors (Lipinski definition) is 2. The van der Waals surface area contributed by atoms with Gasteiger partial charge in [-0.2, -0.15) is 8.78 Å². The molecule has 0 aliphatic heterocycles. The number of methoxy groups -OCH3 is 2. The molecule has 1 aromatic carbocycles. The van der Waals surface area contributed by atoms with Crippen molar-refractivity contribution in [3.63, 3.8) is 0 Å². The maximum absolute atomic E-state index is 12.7. The fourth-order valence-electron chi connectivity index (χ4n) is 2.61. The lowest BCUT2D eigenvalue weighted by Gasteiger charge is -2.15. The van der Waals surface area contributed by atoms with E-state index in [4.69, 9.17) is 14.2 Å². The molecule has 31 heavy (non-hydrogen) atoms. The first-order chi connectivity index (χ1) is 15.1. The summed E-state index contributed by atoms with van der Waals surface area (Å²) in [6.45, 7) is 0.976. The van der Waals surface area contributed by atoms with Crippen molar-refractivity contribution in [2.45, 2.75) is 26.6 Å². The van der Waals surface area contributed by atoms with Crippen LogP contribution >= 0.6 is 0 Å². The minimum absolute atomic E-state index is 0.0523. The summed E-state index contributed by atoms with van der Waals surface area (Å²) >= 11 is 0. The summed E-state index contributed by atoms with van der Waals surface area (Å²) in [6.07, 6.45) is 1.65. The minimum Gasteiger partial charge on any atom is -0.497 e. The number of rotatable bonds is 12. The number of nitrogens with one attached hydrogen (secondary N) is 2. The number of benzene rings is 1. The first-order valence-corrected chi connectivity index (χ1v) is 9.76. The van der Waals surface area contributed by atoms with E-state index in [1.54, 1.807) is 25.4 Å². The molecule has 0 spiro atoms. The summed E-state index contributed by atoms with van der Waals surface area (Å²) in [5.74, 6) is 1.58. The lowest BCUT2D eigenvalue weighted by Crippen LogP contribution is -2.37. The van der Waals surface area contributed by atoms with Crippen LogP contribution < -0.4 is 24.8 Å². The molecule has 170 valence electrons. The smallest absolute Gasteiger partial charge is 0.387 e. The molecule has 10 heteroatoms. The van der Waals surface area contributed by atoms with E-state index in [-0.39, 0.29) is 12.3 Å². The lowest BCUT2D eigenvalue weighted by molar-refractivity contribution is -0.0504. The topological polar surface area (TPSA) is 86.2 Å². The van der Waals surface area contributed by atoms with Gasteiger partial charge >= 0.3 is 6.61 Å². The fraction of sp³-hybridized carbons (Fsp3) is 0.429. The van der Waals surface area contributed by atoms with E-state index >= 15 is 0 Å². The Morgan fingerprint density at radius 2 is 1.97 bits per heavy atom. The maximum Gasteiger partial charge on any atom is 0.387 e. The quantitative estimate of drug-likeness (QED) is 0.299. The molecule has 0 fully saturated rings. The molecule has 1 aromatic heterocycles. The SMILES string of the molecule is CCNC(=NCc1cc(OC)ccc1OC(F)F)NCc1cccnc1OCCOC. The predicted octanol–water partition coefficient (Wildman–Crippen LogP) is 2.97. The molecule has 0 aliphatic rings. The van der Waals surface area contributed by atoms with Gasteiger partial charge in [0, 0.05) is 37.5 Å². The average molecular weight is 438 g/mol. The fourth-order valence-corrected chi connectivity index (χ4v) is 2.61. The molecule has 2 N–H and O–H groups in total. The van der Waals surface area contributed by atoms with Crippen molar-refractivity contribution in [1.82, 2.24) is 15.6 Å². The Kier molecular flexibility index (Phi) is 10.3. The molecular formula is C21H28F2N4O4. The van der Waals surface area contributed by atoms with Gasteiger partial charge in [-0.3, -0.25) is 0 Å². The number of guanidine groups is 1. The van der Waals surface area contributed by atoms with Crippen molar-refractivity contribution >= 4 is 5.96 Å². The Bertz CT molecular complexity index is 837. The van der Waals surface area contributed by atoms with E-state index < -0.39 is 6.61 Å². The normalized spacial score (nSPS) is 11.4. The van der Waals surface area contributed by atoms with E-state index in [1.165, 1.54) is 13.2 Å². The third kappa shape index (κ3) is 8.25. The van der Waals surface area contributed by atoms with Gasteiger partial charge < -0.3 is 29.6 Å². The molecular weight excluding hydrogens is 410 g/mol. The Morgan fingerprint density at radius 1 is 1.13 bits per heavy atom. The third-order valence-electron chi connectivity index (χ3n) is 4.06. The van der Waals surface area contributed by atoms with Crippen molar-refractivity contribution in [3.8, 4) is 17.4 Å². The van der Waals surface area contributed by atoms with E-state index in [1.807, 2.05) is 19.1 Å². The van der Waals surface area contributed by atoms with Crippen LogP contribution in [0.25, 0.3) is 0 Å². The van der Waals surface area contributed by atoms with Gasteiger partial charge in [0.15, 0.2) is 5.96 Å². The molecule has 0 unspecified atom stereocenters. The van der Waals surface area contributed by atoms with Crippen LogP contribution in [0.15, 0.2) is 41.5 Å². The zero-order chi connectivity index (χ0) is 22.5. The van der Waals surface area contributed by atoms with Gasteiger partial charge in [0.25, 0.3) is 0 Å². The van der Waals surface area contributed by atoms with Crippen molar-refractivity contribution < 1.29 is 27.7 Å². The summed E-state index contributed by atoms with van der Waals surface area (Å²) in [7, 11) is 3.10. The number of aliphatic imine (C=N–C) groups is 1. The summed E-state index contributed by atoms with van der Waals surface area (Å²) in [5.41, 5.74) is 1.31. The van der Waals surface area contributed by atoms with Crippen LogP contribution in [0.5, 0.6) is 17.4 Å². The van der Waals surface area contributed by atoms with Crippen molar-refractivity contribution in [3.05, 3.63) is 47.7 Å². The lowest BCUT2D eigenvalue weighted by atomic mass is 10.2. The van der Waals surface area contributed by atoms with Gasteiger partial charge in [-0.25, -0.2) is 9.98 Å². The number of hydrogen-bond acceptors (Lipinski definition) is 6. The summed E-state index contributed by atoms with van der Waals surface area (Å²) in [5, 5.41) is 6.32. The highest BCUT2D eigenvalue weighted by molar-refractivity contribution is 5.79. The van der Waals surface area contributed by atoms with Gasteiger partial charge in [0.2, 0.25) is 5.88 Å². The first kappa shape index (κ1) is 24.1. The molecule has 2 rings (SSSR count). The number of pyridine rings is 1. The van der Waals surface area contributed by atoms with Crippen LogP contribution in [0.2, 0.25) is 0 Å². The number of halogens is 2. The van der Waals surface area contributed by atoms with Crippen molar-refractivity contribution in [2.24, 2.45) is 4.99 Å². The standard InChI is InChI=1S/C21H28F2N4O4/c1-4-24-21(26-13-15-6-5-9-25-19(15)30-11-10-28-2)27-14-16-12-17(29-3)7-8-18(16)31-20(22)23/h5-9,12,20H,4,10-11,13-14H2,1-3H3,(H2,24,26,27). The van der Waals surface area contributed by atoms with E-state index in [0.717, 1.165) is 5.56 Å². The Labute approximate surface area is 180 Å². The average Bonchev–Trinajstić information content (AvgIpc) is 2.77. The van der Waals surface area contributed by atoms with Gasteiger partial charge in [0.1, 0.15) is 18.1 Å². The first-order valence-electron chi connectivity index (χ1n) is 9.76. The second kappa shape index (κ2) is 13.2. The molecule has 0 radical (unpaired) electrons. The molecule has 0 atom stereocenters. The monoisotopic (exact) mass is 438 g/mol. The highest BCUT2D eigenvalue weighted by Crippen LogP contribution is 2.26. The van der Waals surface area contributed by atoms with Gasteiger partial charge in [-0.1, -0.05) is 6.07 Å². The molecule has 1 heterocycles. The number of nitrogens with zero attached hydrogens (tertiary/aromatic N) is 2. The molecule has 0 aliphatic carbocycles. The molecule has 0 bridgehead atoms. The number of aromatic nitrogens is 1. The highest BCUT2D eigenvalue weighted by atomic mass is 19.3. The Balaban J connectivity index is 2.11. The molecule has 0 amide bonds. The van der Waals surface area contributed by atoms with Gasteiger partial charge in [0.05, 0.1) is 20.3 Å². The summed E-state index contributed by atoms with van der Waals surface area (Å²) in [4.78, 5) is 8.73. The van der Waals surface area contributed by atoms with Crippen LogP contribution in [0.4, 0.5) is 8.78 Å². The van der Waals surface area contributed by atoms with Crippen LogP contribution in [-0.4, -0.2) is 51.5 Å². The van der Waals surface area contributed by atoms with Gasteiger partial charge in [-0.15, -0.1) is 0 Å². The predicted molar refractivity (Wildman–Crippen MR) is 113 cm³/mol. The number of ether oxygens (including phenoxy) is 4. The largest absolute Gasteiger partial charge is 0.497 e. The van der Waals surface area contributed by atoms with Crippen LogP contribution in [-0.2, 0) is 17.8 Å². The third-order valence-corrected chi connectivity index (χ3v) is 4.06. The minimum atomic E-state index is -2.93. The second-order valence-corrected chi connectivity index (χ2v) is 6.21. The van der Waals surface area contributed by atoms with E-state index in [9.17, 15) is 8.78 Å². The second-order valence-electron chi connectivity index (χ2n) is 6.21. The van der Waals surface area contributed by atoms with Gasteiger partial charge in [-0.05, 0) is 31.2 Å². The molecule has 2 aromatic rings. The van der Waals surface area contributed by atoms with Crippen LogP contribution in [0.1, 0.15) is 18.1 Å². The highest BCUT2D eigenvalue weighted by Gasteiger charge is 2.12. The molecule has 8 nitrogen and oxygen atoms in total. The van der Waals surface area contributed by atoms with Crippen molar-refractivity contribution in [1.29, 1.82) is 0 Å². The summed E-state index contributed by atoms with van der Waals surface area (Å²) in [6, 6.07) is 8.32. The zero-order valence-electron chi connectivity index (χ0n) is 17.9. The number of alkyl halides is 2. The molecule has 0 saturated carbocycles. The van der Waals surface area contributed by atoms with Crippen LogP contribution in [0, 0.1) is 0 Å². The Morgan fingerprint density at radius 3 is 2.68 bits per heavy atom. The Hall–Kier alpha value is -3.14.